The molecule has 1 atom stereocenters. The van der Waals surface area contributed by atoms with Gasteiger partial charge in [-0.2, -0.15) is 0 Å². The Morgan fingerprint density at radius 2 is 1.89 bits per heavy atom. The maximum Gasteiger partial charge on any atom is 0.134 e. The van der Waals surface area contributed by atoms with Crippen molar-refractivity contribution in [3.63, 3.8) is 0 Å². The zero-order chi connectivity index (χ0) is 12.5. The van der Waals surface area contributed by atoms with Gasteiger partial charge in [-0.05, 0) is 42.0 Å². The van der Waals surface area contributed by atoms with Gasteiger partial charge < -0.3 is 10.2 Å². The molecule has 2 N–H and O–H groups in total. The number of aromatic nitrogens is 1. The van der Waals surface area contributed by atoms with Gasteiger partial charge in [0.05, 0.1) is 6.04 Å². The highest BCUT2D eigenvalue weighted by atomic mass is 79.9. The first-order valence-corrected chi connectivity index (χ1v) is 6.38. The van der Waals surface area contributed by atoms with Crippen LogP contribution in [-0.2, 0) is 0 Å². The molecule has 0 radical (unpaired) electrons. The lowest BCUT2D eigenvalue weighted by Crippen LogP contribution is -2.10. The summed E-state index contributed by atoms with van der Waals surface area (Å²) in [6.07, 6.45) is 3.46. The second kappa shape index (κ2) is 4.55. The Hall–Kier alpha value is -1.65. The van der Waals surface area contributed by atoms with Gasteiger partial charge in [-0.3, -0.25) is 4.98 Å². The fourth-order valence-corrected chi connectivity index (χ4v) is 2.30. The smallest absolute Gasteiger partial charge is 0.134 e. The van der Waals surface area contributed by atoms with Gasteiger partial charge in [-0.1, -0.05) is 15.9 Å². The van der Waals surface area contributed by atoms with E-state index in [4.69, 9.17) is 10.2 Å². The molecule has 0 aliphatic carbocycles. The summed E-state index contributed by atoms with van der Waals surface area (Å²) in [5.74, 6) is 0.759. The van der Waals surface area contributed by atoms with Crippen LogP contribution in [0.5, 0.6) is 0 Å². The minimum atomic E-state index is -0.265. The monoisotopic (exact) mass is 302 g/mol. The molecule has 3 nitrogen and oxygen atoms in total. The minimum absolute atomic E-state index is 0.265. The molecule has 18 heavy (non-hydrogen) atoms. The molecule has 0 bridgehead atoms. The second-order valence-electron chi connectivity index (χ2n) is 4.09. The Morgan fingerprint density at radius 1 is 1.11 bits per heavy atom. The van der Waals surface area contributed by atoms with E-state index >= 15 is 0 Å². The molecule has 0 saturated carbocycles. The third kappa shape index (κ3) is 2.05. The van der Waals surface area contributed by atoms with Gasteiger partial charge >= 0.3 is 0 Å². The van der Waals surface area contributed by atoms with Gasteiger partial charge in [0.2, 0.25) is 0 Å². The van der Waals surface area contributed by atoms with E-state index < -0.39 is 0 Å². The fourth-order valence-electron chi connectivity index (χ4n) is 1.92. The van der Waals surface area contributed by atoms with Gasteiger partial charge in [0.15, 0.2) is 0 Å². The summed E-state index contributed by atoms with van der Waals surface area (Å²) < 4.78 is 6.80. The largest absolute Gasteiger partial charge is 0.459 e. The van der Waals surface area contributed by atoms with Gasteiger partial charge in [0, 0.05) is 22.3 Å². The number of hydrogen-bond acceptors (Lipinski definition) is 3. The highest BCUT2D eigenvalue weighted by molar-refractivity contribution is 9.10. The SMILES string of the molecule is NC(c1ccncc1)c1cc2cc(Br)ccc2o1. The number of rotatable bonds is 2. The van der Waals surface area contributed by atoms with Crippen molar-refractivity contribution in [1.82, 2.24) is 4.98 Å². The zero-order valence-electron chi connectivity index (χ0n) is 9.51. The van der Waals surface area contributed by atoms with Crippen molar-refractivity contribution in [1.29, 1.82) is 0 Å². The molecule has 0 saturated heterocycles. The van der Waals surface area contributed by atoms with Gasteiger partial charge in [-0.15, -0.1) is 0 Å². The van der Waals surface area contributed by atoms with Crippen molar-refractivity contribution in [3.8, 4) is 0 Å². The lowest BCUT2D eigenvalue weighted by Gasteiger charge is -2.07. The van der Waals surface area contributed by atoms with E-state index in [1.165, 1.54) is 0 Å². The number of pyridine rings is 1. The summed E-state index contributed by atoms with van der Waals surface area (Å²) in [6.45, 7) is 0. The van der Waals surface area contributed by atoms with E-state index in [2.05, 4.69) is 20.9 Å². The molecule has 2 aromatic heterocycles. The number of nitrogens with two attached hydrogens (primary N) is 1. The fraction of sp³-hybridized carbons (Fsp3) is 0.0714. The maximum absolute atomic E-state index is 6.18. The van der Waals surface area contributed by atoms with Crippen LogP contribution in [0.2, 0.25) is 0 Å². The number of hydrogen-bond donors (Lipinski definition) is 1. The van der Waals surface area contributed by atoms with E-state index in [1.807, 2.05) is 36.4 Å². The summed E-state index contributed by atoms with van der Waals surface area (Å²) in [5.41, 5.74) is 8.02. The van der Waals surface area contributed by atoms with Crippen LogP contribution in [0.3, 0.4) is 0 Å². The summed E-state index contributed by atoms with van der Waals surface area (Å²) in [4.78, 5) is 3.98. The van der Waals surface area contributed by atoms with E-state index in [1.54, 1.807) is 12.4 Å². The average molecular weight is 303 g/mol. The molecule has 90 valence electrons. The van der Waals surface area contributed by atoms with Gasteiger partial charge in [0.1, 0.15) is 11.3 Å². The molecule has 0 aliphatic heterocycles. The molecule has 0 aliphatic rings. The predicted octanol–water partition coefficient (Wildman–Crippen LogP) is 3.64. The van der Waals surface area contributed by atoms with Crippen LogP contribution in [0.15, 0.2) is 57.7 Å². The predicted molar refractivity (Wildman–Crippen MR) is 74.2 cm³/mol. The minimum Gasteiger partial charge on any atom is -0.459 e. The molecule has 0 spiro atoms. The normalized spacial score (nSPS) is 12.8. The van der Waals surface area contributed by atoms with Crippen molar-refractivity contribution in [2.75, 3.05) is 0 Å². The Balaban J connectivity index is 2.04. The number of benzene rings is 1. The van der Waals surface area contributed by atoms with E-state index in [9.17, 15) is 0 Å². The molecular weight excluding hydrogens is 292 g/mol. The van der Waals surface area contributed by atoms with E-state index in [0.717, 1.165) is 26.8 Å². The quantitative estimate of drug-likeness (QED) is 0.786. The highest BCUT2D eigenvalue weighted by Gasteiger charge is 2.14. The van der Waals surface area contributed by atoms with Crippen molar-refractivity contribution < 1.29 is 4.42 Å². The van der Waals surface area contributed by atoms with E-state index in [0.29, 0.717) is 0 Å². The summed E-state index contributed by atoms with van der Waals surface area (Å²) >= 11 is 3.44. The lowest BCUT2D eigenvalue weighted by atomic mass is 10.1. The average Bonchev–Trinajstić information content (AvgIpc) is 2.81. The molecule has 3 aromatic rings. The number of halogens is 1. The van der Waals surface area contributed by atoms with Crippen LogP contribution < -0.4 is 5.73 Å². The van der Waals surface area contributed by atoms with Gasteiger partial charge in [0.25, 0.3) is 0 Å². The Labute approximate surface area is 113 Å². The van der Waals surface area contributed by atoms with Crippen LogP contribution in [0.1, 0.15) is 17.4 Å². The Kier molecular flexibility index (Phi) is 2.89. The van der Waals surface area contributed by atoms with Crippen molar-refractivity contribution in [3.05, 3.63) is 64.6 Å². The topological polar surface area (TPSA) is 52.0 Å². The number of nitrogens with zero attached hydrogens (tertiary/aromatic N) is 1. The molecule has 0 fully saturated rings. The highest BCUT2D eigenvalue weighted by Crippen LogP contribution is 2.28. The number of furan rings is 1. The number of fused-ring (bicyclic) bond motifs is 1. The van der Waals surface area contributed by atoms with Crippen LogP contribution in [0.4, 0.5) is 0 Å². The van der Waals surface area contributed by atoms with Crippen LogP contribution in [0, 0.1) is 0 Å². The van der Waals surface area contributed by atoms with Crippen LogP contribution in [-0.4, -0.2) is 4.98 Å². The molecular formula is C14H11BrN2O. The molecule has 3 rings (SSSR count). The first kappa shape index (κ1) is 11.4. The molecule has 1 unspecified atom stereocenters. The first-order chi connectivity index (χ1) is 8.74. The zero-order valence-corrected chi connectivity index (χ0v) is 11.1. The first-order valence-electron chi connectivity index (χ1n) is 5.58. The molecule has 4 heteroatoms. The van der Waals surface area contributed by atoms with Crippen molar-refractivity contribution in [2.45, 2.75) is 6.04 Å². The van der Waals surface area contributed by atoms with Gasteiger partial charge in [-0.25, -0.2) is 0 Å². The van der Waals surface area contributed by atoms with Crippen molar-refractivity contribution in [2.24, 2.45) is 5.73 Å². The molecule has 2 heterocycles. The summed E-state index contributed by atoms with van der Waals surface area (Å²) in [7, 11) is 0. The Morgan fingerprint density at radius 3 is 2.67 bits per heavy atom. The summed E-state index contributed by atoms with van der Waals surface area (Å²) in [5, 5.41) is 1.05. The summed E-state index contributed by atoms with van der Waals surface area (Å²) in [6, 6.07) is 11.4. The molecule has 1 aromatic carbocycles. The third-order valence-corrected chi connectivity index (χ3v) is 3.36. The van der Waals surface area contributed by atoms with Crippen molar-refractivity contribution >= 4 is 26.9 Å². The Bertz CT molecular complexity index is 679. The lowest BCUT2D eigenvalue weighted by molar-refractivity contribution is 0.525. The molecule has 0 amide bonds. The second-order valence-corrected chi connectivity index (χ2v) is 5.00. The van der Waals surface area contributed by atoms with E-state index in [-0.39, 0.29) is 6.04 Å². The third-order valence-electron chi connectivity index (χ3n) is 2.87. The van der Waals surface area contributed by atoms with Crippen LogP contribution >= 0.6 is 15.9 Å². The maximum atomic E-state index is 6.18. The standard InChI is InChI=1S/C14H11BrN2O/c15-11-1-2-12-10(7-11)8-13(18-12)14(16)9-3-5-17-6-4-9/h1-8,14H,16H2. The van der Waals surface area contributed by atoms with Crippen LogP contribution in [0.25, 0.3) is 11.0 Å².